The van der Waals surface area contributed by atoms with Gasteiger partial charge in [0.1, 0.15) is 11.4 Å². The van der Waals surface area contributed by atoms with Crippen molar-refractivity contribution in [2.75, 3.05) is 20.8 Å². The molecule has 1 unspecified atom stereocenters. The molecule has 1 N–H and O–H groups in total. The van der Waals surface area contributed by atoms with E-state index >= 15 is 0 Å². The third-order valence-electron chi connectivity index (χ3n) is 3.55. The Labute approximate surface area is 125 Å². The van der Waals surface area contributed by atoms with Crippen LogP contribution < -0.4 is 14.8 Å². The normalized spacial score (nSPS) is 12.2. The summed E-state index contributed by atoms with van der Waals surface area (Å²) in [7, 11) is 5.28. The highest BCUT2D eigenvalue weighted by Gasteiger charge is 2.24. The molecule has 1 aromatic carbocycles. The second-order valence-electron chi connectivity index (χ2n) is 4.96. The zero-order valence-electron chi connectivity index (χ0n) is 13.3. The van der Waals surface area contributed by atoms with Crippen molar-refractivity contribution in [1.29, 1.82) is 0 Å². The van der Waals surface area contributed by atoms with Gasteiger partial charge in [0.05, 0.1) is 26.5 Å². The van der Waals surface area contributed by atoms with Gasteiger partial charge in [0.15, 0.2) is 5.75 Å². The van der Waals surface area contributed by atoms with Crippen LogP contribution >= 0.6 is 0 Å². The minimum atomic E-state index is -0.0343. The Morgan fingerprint density at radius 2 is 1.95 bits per heavy atom. The molecule has 1 aromatic heterocycles. The summed E-state index contributed by atoms with van der Waals surface area (Å²) in [6.07, 6.45) is 1.74. The molecule has 2 rings (SSSR count). The number of hydrogen-bond donors (Lipinski definition) is 1. The molecule has 0 aliphatic carbocycles. The van der Waals surface area contributed by atoms with Crippen molar-refractivity contribution < 1.29 is 9.47 Å². The summed E-state index contributed by atoms with van der Waals surface area (Å²) in [4.78, 5) is 0. The van der Waals surface area contributed by atoms with E-state index in [0.717, 1.165) is 29.3 Å². The number of hydrogen-bond acceptors (Lipinski definition) is 4. The van der Waals surface area contributed by atoms with Gasteiger partial charge in [0, 0.05) is 12.6 Å². The lowest BCUT2D eigenvalue weighted by atomic mass is 10.00. The van der Waals surface area contributed by atoms with Crippen LogP contribution in [0.25, 0.3) is 0 Å². The van der Waals surface area contributed by atoms with E-state index in [1.165, 1.54) is 5.56 Å². The zero-order chi connectivity index (χ0) is 15.4. The molecule has 0 amide bonds. The summed E-state index contributed by atoms with van der Waals surface area (Å²) < 4.78 is 12.8. The van der Waals surface area contributed by atoms with Gasteiger partial charge in [-0.2, -0.15) is 5.10 Å². The minimum absolute atomic E-state index is 0.0343. The lowest BCUT2D eigenvalue weighted by Crippen LogP contribution is -2.25. The number of ether oxygens (including phenoxy) is 2. The molecule has 0 fully saturated rings. The van der Waals surface area contributed by atoms with Crippen molar-refractivity contribution in [3.8, 4) is 11.5 Å². The van der Waals surface area contributed by atoms with E-state index < -0.39 is 0 Å². The van der Waals surface area contributed by atoms with E-state index in [4.69, 9.17) is 9.47 Å². The van der Waals surface area contributed by atoms with Gasteiger partial charge in [-0.1, -0.05) is 19.1 Å². The fraction of sp³-hybridized carbons (Fsp3) is 0.438. The Bertz CT molecular complexity index is 608. The van der Waals surface area contributed by atoms with E-state index in [2.05, 4.69) is 36.4 Å². The molecule has 0 bridgehead atoms. The highest BCUT2D eigenvalue weighted by atomic mass is 16.5. The van der Waals surface area contributed by atoms with Crippen LogP contribution in [0.3, 0.4) is 0 Å². The monoisotopic (exact) mass is 289 g/mol. The number of aryl methyl sites for hydroxylation is 2. The molecule has 2 aromatic rings. The van der Waals surface area contributed by atoms with Gasteiger partial charge in [-0.05, 0) is 25.1 Å². The molecule has 0 saturated carbocycles. The Morgan fingerprint density at radius 1 is 1.24 bits per heavy atom. The molecule has 5 heteroatoms. The molecular formula is C16H23N3O2. The maximum Gasteiger partial charge on any atom is 0.161 e. The van der Waals surface area contributed by atoms with Crippen LogP contribution in [0.1, 0.15) is 29.8 Å². The van der Waals surface area contributed by atoms with Crippen molar-refractivity contribution in [2.24, 2.45) is 7.05 Å². The maximum absolute atomic E-state index is 5.55. The van der Waals surface area contributed by atoms with E-state index in [1.807, 2.05) is 17.8 Å². The molecule has 0 aliphatic rings. The van der Waals surface area contributed by atoms with Gasteiger partial charge in [-0.25, -0.2) is 0 Å². The first-order valence-electron chi connectivity index (χ1n) is 7.06. The lowest BCUT2D eigenvalue weighted by Gasteiger charge is -2.22. The summed E-state index contributed by atoms with van der Waals surface area (Å²) >= 11 is 0. The Hall–Kier alpha value is -2.01. The van der Waals surface area contributed by atoms with Crippen molar-refractivity contribution >= 4 is 0 Å². The van der Waals surface area contributed by atoms with Crippen molar-refractivity contribution in [2.45, 2.75) is 19.9 Å². The molecule has 0 spiro atoms. The van der Waals surface area contributed by atoms with Gasteiger partial charge >= 0.3 is 0 Å². The number of aromatic nitrogens is 2. The van der Waals surface area contributed by atoms with Crippen molar-refractivity contribution in [3.63, 3.8) is 0 Å². The molecule has 114 valence electrons. The predicted molar refractivity (Wildman–Crippen MR) is 83.0 cm³/mol. The molecule has 21 heavy (non-hydrogen) atoms. The van der Waals surface area contributed by atoms with Crippen LogP contribution in [0, 0.1) is 6.92 Å². The standard InChI is InChI=1S/C16H23N3O2/c1-6-17-15(16-14(21-5)10-18-19(16)3)12-8-7-11(2)9-13(12)20-4/h7-10,15,17H,6H2,1-5H3. The molecule has 0 aliphatic heterocycles. The van der Waals surface area contributed by atoms with Crippen molar-refractivity contribution in [3.05, 3.63) is 41.2 Å². The average molecular weight is 289 g/mol. The minimum Gasteiger partial charge on any atom is -0.496 e. The smallest absolute Gasteiger partial charge is 0.161 e. The predicted octanol–water partition coefficient (Wildman–Crippen LogP) is 2.44. The summed E-state index contributed by atoms with van der Waals surface area (Å²) in [6.45, 7) is 4.96. The molecular weight excluding hydrogens is 266 g/mol. The van der Waals surface area contributed by atoms with Crippen LogP contribution in [0.15, 0.2) is 24.4 Å². The summed E-state index contributed by atoms with van der Waals surface area (Å²) in [5, 5.41) is 7.79. The second-order valence-corrected chi connectivity index (χ2v) is 4.96. The number of benzene rings is 1. The molecule has 0 saturated heterocycles. The summed E-state index contributed by atoms with van der Waals surface area (Å²) in [6, 6.07) is 6.19. The van der Waals surface area contributed by atoms with E-state index in [0.29, 0.717) is 0 Å². The quantitative estimate of drug-likeness (QED) is 0.887. The SMILES string of the molecule is CCNC(c1ccc(C)cc1OC)c1c(OC)cnn1C. The average Bonchev–Trinajstić information content (AvgIpc) is 2.86. The first kappa shape index (κ1) is 15.4. The zero-order valence-corrected chi connectivity index (χ0v) is 13.3. The van der Waals surface area contributed by atoms with Crippen LogP contribution in [-0.2, 0) is 7.05 Å². The van der Waals surface area contributed by atoms with Gasteiger partial charge in [-0.15, -0.1) is 0 Å². The fourth-order valence-electron chi connectivity index (χ4n) is 2.53. The van der Waals surface area contributed by atoms with Crippen LogP contribution in [0.4, 0.5) is 0 Å². The molecule has 1 atom stereocenters. The highest BCUT2D eigenvalue weighted by Crippen LogP contribution is 2.34. The van der Waals surface area contributed by atoms with Gasteiger partial charge in [-0.3, -0.25) is 4.68 Å². The molecule has 1 heterocycles. The number of methoxy groups -OCH3 is 2. The van der Waals surface area contributed by atoms with E-state index in [9.17, 15) is 0 Å². The molecule has 5 nitrogen and oxygen atoms in total. The molecule has 0 radical (unpaired) electrons. The van der Waals surface area contributed by atoms with E-state index in [1.54, 1.807) is 20.4 Å². The van der Waals surface area contributed by atoms with Crippen LogP contribution in [0.2, 0.25) is 0 Å². The summed E-state index contributed by atoms with van der Waals surface area (Å²) in [5.74, 6) is 1.63. The lowest BCUT2D eigenvalue weighted by molar-refractivity contribution is 0.390. The van der Waals surface area contributed by atoms with Gasteiger partial charge in [0.25, 0.3) is 0 Å². The van der Waals surface area contributed by atoms with Crippen molar-refractivity contribution in [1.82, 2.24) is 15.1 Å². The second kappa shape index (κ2) is 6.63. The number of nitrogens with zero attached hydrogens (tertiary/aromatic N) is 2. The highest BCUT2D eigenvalue weighted by molar-refractivity contribution is 5.45. The Morgan fingerprint density at radius 3 is 2.57 bits per heavy atom. The van der Waals surface area contributed by atoms with Gasteiger partial charge in [0.2, 0.25) is 0 Å². The Balaban J connectivity index is 2.56. The Kier molecular flexibility index (Phi) is 4.85. The third-order valence-corrected chi connectivity index (χ3v) is 3.55. The first-order chi connectivity index (χ1) is 10.1. The topological polar surface area (TPSA) is 48.3 Å². The first-order valence-corrected chi connectivity index (χ1v) is 7.06. The van der Waals surface area contributed by atoms with Crippen LogP contribution in [-0.4, -0.2) is 30.5 Å². The van der Waals surface area contributed by atoms with E-state index in [-0.39, 0.29) is 6.04 Å². The fourth-order valence-corrected chi connectivity index (χ4v) is 2.53. The largest absolute Gasteiger partial charge is 0.496 e. The third kappa shape index (κ3) is 3.03. The summed E-state index contributed by atoms with van der Waals surface area (Å²) in [5.41, 5.74) is 3.23. The maximum atomic E-state index is 5.55. The van der Waals surface area contributed by atoms with Crippen LogP contribution in [0.5, 0.6) is 11.5 Å². The van der Waals surface area contributed by atoms with Gasteiger partial charge < -0.3 is 14.8 Å². The number of nitrogens with one attached hydrogen (secondary N) is 1. The number of rotatable bonds is 6.